The van der Waals surface area contributed by atoms with Gasteiger partial charge in [-0.25, -0.2) is 0 Å². The number of aromatic nitrogens is 1. The van der Waals surface area contributed by atoms with Crippen molar-refractivity contribution in [1.29, 1.82) is 0 Å². The number of rotatable bonds is 3. The van der Waals surface area contributed by atoms with Crippen LogP contribution in [0.2, 0.25) is 0 Å². The molecule has 0 spiro atoms. The highest BCUT2D eigenvalue weighted by Gasteiger charge is 2.26. The standard InChI is InChI=1S/C11H14F3NO/c1-8(2)9-3-4-10(16)15(7-9)6-5-11(12,13)14/h3-4,7-8H,5-6H2,1-2H3. The molecule has 1 aromatic rings. The smallest absolute Gasteiger partial charge is 0.315 e. The summed E-state index contributed by atoms with van der Waals surface area (Å²) >= 11 is 0. The van der Waals surface area contributed by atoms with Crippen LogP contribution in [0.15, 0.2) is 23.1 Å². The molecule has 0 unspecified atom stereocenters. The fraction of sp³-hybridized carbons (Fsp3) is 0.545. The lowest BCUT2D eigenvalue weighted by Gasteiger charge is -2.11. The van der Waals surface area contributed by atoms with E-state index in [-0.39, 0.29) is 12.5 Å². The van der Waals surface area contributed by atoms with Gasteiger partial charge in [0.25, 0.3) is 5.56 Å². The Hall–Kier alpha value is -1.26. The van der Waals surface area contributed by atoms with Gasteiger partial charge in [-0.2, -0.15) is 13.2 Å². The Bertz CT molecular complexity index is 406. The van der Waals surface area contributed by atoms with E-state index in [0.717, 1.165) is 10.1 Å². The maximum Gasteiger partial charge on any atom is 0.390 e. The predicted octanol–water partition coefficient (Wildman–Crippen LogP) is 2.92. The number of hydrogen-bond acceptors (Lipinski definition) is 1. The maximum absolute atomic E-state index is 12.0. The molecule has 0 N–H and O–H groups in total. The zero-order valence-corrected chi connectivity index (χ0v) is 9.21. The van der Waals surface area contributed by atoms with E-state index in [1.807, 2.05) is 13.8 Å². The minimum atomic E-state index is -4.23. The molecule has 0 aromatic carbocycles. The molecule has 0 aliphatic rings. The third-order valence-corrected chi connectivity index (χ3v) is 2.31. The Balaban J connectivity index is 2.87. The van der Waals surface area contributed by atoms with Crippen LogP contribution in [-0.2, 0) is 6.54 Å². The molecule has 16 heavy (non-hydrogen) atoms. The second-order valence-corrected chi connectivity index (χ2v) is 4.01. The van der Waals surface area contributed by atoms with Gasteiger partial charge in [0, 0.05) is 18.8 Å². The fourth-order valence-corrected chi connectivity index (χ4v) is 1.31. The van der Waals surface area contributed by atoms with E-state index in [0.29, 0.717) is 0 Å². The van der Waals surface area contributed by atoms with Gasteiger partial charge in [-0.3, -0.25) is 4.79 Å². The molecule has 0 saturated heterocycles. The van der Waals surface area contributed by atoms with Gasteiger partial charge in [-0.05, 0) is 11.5 Å². The molecule has 0 aliphatic carbocycles. The second-order valence-electron chi connectivity index (χ2n) is 4.01. The van der Waals surface area contributed by atoms with Crippen LogP contribution in [0.1, 0.15) is 31.7 Å². The monoisotopic (exact) mass is 233 g/mol. The molecule has 1 heterocycles. The first-order chi connectivity index (χ1) is 7.29. The lowest BCUT2D eigenvalue weighted by molar-refractivity contribution is -0.136. The first-order valence-corrected chi connectivity index (χ1v) is 5.07. The Labute approximate surface area is 91.7 Å². The summed E-state index contributed by atoms with van der Waals surface area (Å²) in [4.78, 5) is 11.3. The van der Waals surface area contributed by atoms with Crippen LogP contribution in [0.4, 0.5) is 13.2 Å². The van der Waals surface area contributed by atoms with Crippen molar-refractivity contribution in [3.8, 4) is 0 Å². The topological polar surface area (TPSA) is 22.0 Å². The van der Waals surface area contributed by atoms with E-state index in [2.05, 4.69) is 0 Å². The molecular weight excluding hydrogens is 219 g/mol. The van der Waals surface area contributed by atoms with Crippen molar-refractivity contribution < 1.29 is 13.2 Å². The van der Waals surface area contributed by atoms with Crippen LogP contribution in [0.3, 0.4) is 0 Å². The minimum Gasteiger partial charge on any atom is -0.315 e. The average Bonchev–Trinajstić information content (AvgIpc) is 2.14. The highest BCUT2D eigenvalue weighted by atomic mass is 19.4. The molecule has 0 amide bonds. The molecule has 0 aliphatic heterocycles. The van der Waals surface area contributed by atoms with Crippen molar-refractivity contribution in [2.75, 3.05) is 0 Å². The lowest BCUT2D eigenvalue weighted by atomic mass is 10.1. The van der Waals surface area contributed by atoms with Gasteiger partial charge in [0.1, 0.15) is 0 Å². The van der Waals surface area contributed by atoms with E-state index < -0.39 is 18.2 Å². The summed E-state index contributed by atoms with van der Waals surface area (Å²) in [6, 6.07) is 2.96. The van der Waals surface area contributed by atoms with Crippen molar-refractivity contribution in [3.63, 3.8) is 0 Å². The van der Waals surface area contributed by atoms with Crippen molar-refractivity contribution in [1.82, 2.24) is 4.57 Å². The van der Waals surface area contributed by atoms with Gasteiger partial charge >= 0.3 is 6.18 Å². The molecule has 1 aromatic heterocycles. The molecule has 0 bridgehead atoms. The maximum atomic E-state index is 12.0. The number of hydrogen-bond donors (Lipinski definition) is 0. The van der Waals surface area contributed by atoms with Crippen molar-refractivity contribution >= 4 is 0 Å². The van der Waals surface area contributed by atoms with Crippen molar-refractivity contribution in [2.45, 2.75) is 38.9 Å². The Morgan fingerprint density at radius 2 is 1.94 bits per heavy atom. The molecule has 0 radical (unpaired) electrons. The highest BCUT2D eigenvalue weighted by Crippen LogP contribution is 2.20. The quantitative estimate of drug-likeness (QED) is 0.786. The van der Waals surface area contributed by atoms with Crippen LogP contribution in [-0.4, -0.2) is 10.7 Å². The van der Waals surface area contributed by atoms with Gasteiger partial charge in [0.05, 0.1) is 6.42 Å². The van der Waals surface area contributed by atoms with Gasteiger partial charge in [-0.1, -0.05) is 19.9 Å². The third kappa shape index (κ3) is 3.72. The molecule has 2 nitrogen and oxygen atoms in total. The second kappa shape index (κ2) is 4.72. The molecule has 5 heteroatoms. The van der Waals surface area contributed by atoms with Crippen LogP contribution < -0.4 is 5.56 Å². The van der Waals surface area contributed by atoms with Crippen molar-refractivity contribution in [3.05, 3.63) is 34.2 Å². The number of pyridine rings is 1. The largest absolute Gasteiger partial charge is 0.390 e. The Kier molecular flexibility index (Phi) is 3.78. The van der Waals surface area contributed by atoms with Gasteiger partial charge in [-0.15, -0.1) is 0 Å². The van der Waals surface area contributed by atoms with Crippen LogP contribution in [0, 0.1) is 0 Å². The minimum absolute atomic E-state index is 0.192. The molecular formula is C11H14F3NO. The van der Waals surface area contributed by atoms with Gasteiger partial charge in [0.2, 0.25) is 0 Å². The van der Waals surface area contributed by atoms with Crippen LogP contribution >= 0.6 is 0 Å². The lowest BCUT2D eigenvalue weighted by Crippen LogP contribution is -2.22. The van der Waals surface area contributed by atoms with E-state index in [4.69, 9.17) is 0 Å². The normalized spacial score (nSPS) is 12.1. The number of aryl methyl sites for hydroxylation is 1. The summed E-state index contributed by atoms with van der Waals surface area (Å²) in [7, 11) is 0. The molecule has 90 valence electrons. The van der Waals surface area contributed by atoms with E-state index in [1.54, 1.807) is 6.07 Å². The average molecular weight is 233 g/mol. The first kappa shape index (κ1) is 12.8. The first-order valence-electron chi connectivity index (χ1n) is 5.07. The molecule has 0 fully saturated rings. The summed E-state index contributed by atoms with van der Waals surface area (Å²) in [5.74, 6) is 0.192. The van der Waals surface area contributed by atoms with Gasteiger partial charge < -0.3 is 4.57 Å². The SMILES string of the molecule is CC(C)c1ccc(=O)n(CCC(F)(F)F)c1. The number of halogens is 3. The number of alkyl halides is 3. The Morgan fingerprint density at radius 3 is 2.44 bits per heavy atom. The zero-order chi connectivity index (χ0) is 12.3. The Morgan fingerprint density at radius 1 is 1.31 bits per heavy atom. The predicted molar refractivity (Wildman–Crippen MR) is 55.5 cm³/mol. The van der Waals surface area contributed by atoms with Gasteiger partial charge in [0.15, 0.2) is 0 Å². The van der Waals surface area contributed by atoms with E-state index in [9.17, 15) is 18.0 Å². The summed E-state index contributed by atoms with van der Waals surface area (Å²) in [6.45, 7) is 3.53. The van der Waals surface area contributed by atoms with Crippen LogP contribution in [0.5, 0.6) is 0 Å². The van der Waals surface area contributed by atoms with Crippen LogP contribution in [0.25, 0.3) is 0 Å². The molecule has 0 atom stereocenters. The fourth-order valence-electron chi connectivity index (χ4n) is 1.31. The van der Waals surface area contributed by atoms with Crippen molar-refractivity contribution in [2.24, 2.45) is 0 Å². The summed E-state index contributed by atoms with van der Waals surface area (Å²) in [5.41, 5.74) is 0.468. The van der Waals surface area contributed by atoms with E-state index >= 15 is 0 Å². The highest BCUT2D eigenvalue weighted by molar-refractivity contribution is 5.13. The molecule has 0 saturated carbocycles. The summed E-state index contributed by atoms with van der Waals surface area (Å²) in [6.07, 6.45) is -3.71. The zero-order valence-electron chi connectivity index (χ0n) is 9.21. The summed E-state index contributed by atoms with van der Waals surface area (Å²) in [5, 5.41) is 0. The molecule has 1 rings (SSSR count). The third-order valence-electron chi connectivity index (χ3n) is 2.31. The number of nitrogens with zero attached hydrogens (tertiary/aromatic N) is 1. The van der Waals surface area contributed by atoms with E-state index in [1.165, 1.54) is 12.3 Å². The summed E-state index contributed by atoms with van der Waals surface area (Å²) < 4.78 is 37.2.